The van der Waals surface area contributed by atoms with Crippen molar-refractivity contribution in [2.75, 3.05) is 5.43 Å². The molecule has 1 heterocycles. The highest BCUT2D eigenvalue weighted by atomic mass is 79.9. The average Bonchev–Trinajstić information content (AvgIpc) is 2.64. The summed E-state index contributed by atoms with van der Waals surface area (Å²) < 4.78 is 1.00. The first-order valence-corrected chi connectivity index (χ1v) is 8.02. The minimum atomic E-state index is -0.434. The fraction of sp³-hybridized carbons (Fsp3) is 0. The normalized spacial score (nSPS) is 10.8. The number of aromatic nitrogens is 2. The second-order valence-electron chi connectivity index (χ2n) is 5.02. The van der Waals surface area contributed by atoms with Crippen LogP contribution < -0.4 is 5.43 Å². The molecule has 7 nitrogen and oxygen atoms in total. The van der Waals surface area contributed by atoms with Gasteiger partial charge in [-0.1, -0.05) is 28.1 Å². The molecule has 1 N–H and O–H groups in total. The van der Waals surface area contributed by atoms with Crippen LogP contribution in [0.5, 0.6) is 0 Å². The molecule has 0 fully saturated rings. The molecule has 2 aromatic carbocycles. The third-order valence-corrected chi connectivity index (χ3v) is 3.84. The Morgan fingerprint density at radius 2 is 1.64 bits per heavy atom. The van der Waals surface area contributed by atoms with Crippen LogP contribution in [-0.4, -0.2) is 21.1 Å². The molecule has 0 unspecified atom stereocenters. The Kier molecular flexibility index (Phi) is 5.10. The van der Waals surface area contributed by atoms with Crippen LogP contribution in [0.1, 0.15) is 5.56 Å². The van der Waals surface area contributed by atoms with Crippen LogP contribution in [0.3, 0.4) is 0 Å². The lowest BCUT2D eigenvalue weighted by atomic mass is 10.1. The number of anilines is 1. The van der Waals surface area contributed by atoms with Gasteiger partial charge in [0.1, 0.15) is 0 Å². The average molecular weight is 398 g/mol. The number of hydrogen-bond acceptors (Lipinski definition) is 6. The zero-order chi connectivity index (χ0) is 17.6. The van der Waals surface area contributed by atoms with Crippen molar-refractivity contribution in [3.63, 3.8) is 0 Å². The summed E-state index contributed by atoms with van der Waals surface area (Å²) in [5.41, 5.74) is 5.31. The Bertz CT molecular complexity index is 894. The number of non-ortho nitro benzene ring substituents is 1. The van der Waals surface area contributed by atoms with Gasteiger partial charge in [0.15, 0.2) is 0 Å². The largest absolute Gasteiger partial charge is 0.269 e. The van der Waals surface area contributed by atoms with E-state index in [-0.39, 0.29) is 5.69 Å². The van der Waals surface area contributed by atoms with Crippen LogP contribution in [0, 0.1) is 10.1 Å². The Balaban J connectivity index is 1.65. The number of nitrogens with zero attached hydrogens (tertiary/aromatic N) is 4. The van der Waals surface area contributed by atoms with Crippen molar-refractivity contribution in [3.8, 4) is 11.1 Å². The molecule has 0 saturated carbocycles. The number of nitro groups is 1. The highest BCUT2D eigenvalue weighted by molar-refractivity contribution is 9.10. The maximum absolute atomic E-state index is 10.7. The zero-order valence-corrected chi connectivity index (χ0v) is 14.4. The van der Waals surface area contributed by atoms with Gasteiger partial charge in [0.05, 0.1) is 11.1 Å². The first kappa shape index (κ1) is 16.7. The van der Waals surface area contributed by atoms with Crippen LogP contribution >= 0.6 is 15.9 Å². The SMILES string of the molecule is O=[N+]([O-])c1ccc(-c2cnc(NN=Cc3ccc(Br)cc3)nc2)cc1. The van der Waals surface area contributed by atoms with E-state index in [1.807, 2.05) is 24.3 Å². The van der Waals surface area contributed by atoms with Gasteiger partial charge in [0.25, 0.3) is 5.69 Å². The van der Waals surface area contributed by atoms with Crippen LogP contribution in [0.15, 0.2) is 70.5 Å². The minimum Gasteiger partial charge on any atom is -0.258 e. The first-order valence-electron chi connectivity index (χ1n) is 7.23. The van der Waals surface area contributed by atoms with E-state index in [1.165, 1.54) is 12.1 Å². The van der Waals surface area contributed by atoms with Crippen LogP contribution in [0.25, 0.3) is 11.1 Å². The van der Waals surface area contributed by atoms with Gasteiger partial charge in [-0.15, -0.1) is 0 Å². The molecule has 1 aromatic heterocycles. The topological polar surface area (TPSA) is 93.3 Å². The fourth-order valence-electron chi connectivity index (χ4n) is 2.02. The van der Waals surface area contributed by atoms with E-state index in [0.29, 0.717) is 5.95 Å². The molecule has 8 heteroatoms. The van der Waals surface area contributed by atoms with Crippen molar-refractivity contribution in [2.24, 2.45) is 5.10 Å². The van der Waals surface area contributed by atoms with Gasteiger partial charge in [-0.25, -0.2) is 15.4 Å². The molecule has 0 atom stereocenters. The van der Waals surface area contributed by atoms with E-state index in [1.54, 1.807) is 30.7 Å². The molecule has 0 aliphatic carbocycles. The Labute approximate surface area is 151 Å². The smallest absolute Gasteiger partial charge is 0.258 e. The number of benzene rings is 2. The van der Waals surface area contributed by atoms with E-state index in [2.05, 4.69) is 36.4 Å². The number of halogens is 1. The number of hydrogen-bond donors (Lipinski definition) is 1. The summed E-state index contributed by atoms with van der Waals surface area (Å²) in [6.07, 6.45) is 4.93. The summed E-state index contributed by atoms with van der Waals surface area (Å²) in [4.78, 5) is 18.6. The van der Waals surface area contributed by atoms with E-state index in [4.69, 9.17) is 0 Å². The second kappa shape index (κ2) is 7.63. The first-order chi connectivity index (χ1) is 12.1. The Hall–Kier alpha value is -3.13. The van der Waals surface area contributed by atoms with Gasteiger partial charge in [-0.3, -0.25) is 10.1 Å². The van der Waals surface area contributed by atoms with Gasteiger partial charge in [0.2, 0.25) is 5.95 Å². The molecule has 3 rings (SSSR count). The Morgan fingerprint density at radius 3 is 2.24 bits per heavy atom. The molecule has 0 amide bonds. The lowest BCUT2D eigenvalue weighted by Crippen LogP contribution is -1.96. The van der Waals surface area contributed by atoms with Gasteiger partial charge in [0, 0.05) is 34.6 Å². The van der Waals surface area contributed by atoms with Crippen molar-refractivity contribution in [1.29, 1.82) is 0 Å². The lowest BCUT2D eigenvalue weighted by Gasteiger charge is -2.02. The monoisotopic (exact) mass is 397 g/mol. The summed E-state index contributed by atoms with van der Waals surface area (Å²) in [5, 5.41) is 14.8. The molecule has 0 aliphatic rings. The number of hydrazone groups is 1. The standard InChI is InChI=1S/C17H12BrN5O2/c18-15-5-1-12(2-6-15)9-21-22-17-19-10-14(11-20-17)13-3-7-16(8-4-13)23(24)25/h1-11H,(H,19,20,22). The predicted octanol–water partition coefficient (Wildman–Crippen LogP) is 4.26. The van der Waals surface area contributed by atoms with Crippen molar-refractivity contribution in [2.45, 2.75) is 0 Å². The van der Waals surface area contributed by atoms with Crippen LogP contribution in [-0.2, 0) is 0 Å². The summed E-state index contributed by atoms with van der Waals surface area (Å²) in [6.45, 7) is 0. The maximum atomic E-state index is 10.7. The molecule has 0 aliphatic heterocycles. The van der Waals surface area contributed by atoms with Crippen molar-refractivity contribution < 1.29 is 4.92 Å². The van der Waals surface area contributed by atoms with Crippen molar-refractivity contribution in [3.05, 3.63) is 81.1 Å². The van der Waals surface area contributed by atoms with E-state index in [0.717, 1.165) is 21.2 Å². The number of nitrogens with one attached hydrogen (secondary N) is 1. The molecule has 0 radical (unpaired) electrons. The molecule has 3 aromatic rings. The molecule has 0 saturated heterocycles. The molecule has 25 heavy (non-hydrogen) atoms. The van der Waals surface area contributed by atoms with E-state index in [9.17, 15) is 10.1 Å². The zero-order valence-electron chi connectivity index (χ0n) is 12.8. The summed E-state index contributed by atoms with van der Waals surface area (Å²) in [7, 11) is 0. The molecular weight excluding hydrogens is 386 g/mol. The maximum Gasteiger partial charge on any atom is 0.269 e. The van der Waals surface area contributed by atoms with Crippen molar-refractivity contribution in [1.82, 2.24) is 9.97 Å². The summed E-state index contributed by atoms with van der Waals surface area (Å²) in [5.74, 6) is 0.360. The van der Waals surface area contributed by atoms with Crippen LogP contribution in [0.4, 0.5) is 11.6 Å². The number of rotatable bonds is 5. The van der Waals surface area contributed by atoms with Gasteiger partial charge in [-0.05, 0) is 35.4 Å². The molecule has 0 spiro atoms. The minimum absolute atomic E-state index is 0.0465. The third kappa shape index (κ3) is 4.45. The molecule has 124 valence electrons. The number of nitro benzene ring substituents is 1. The second-order valence-corrected chi connectivity index (χ2v) is 5.94. The molecular formula is C17H12BrN5O2. The highest BCUT2D eigenvalue weighted by Crippen LogP contribution is 2.21. The van der Waals surface area contributed by atoms with Gasteiger partial charge in [-0.2, -0.15) is 5.10 Å². The quantitative estimate of drug-likeness (QED) is 0.394. The van der Waals surface area contributed by atoms with Crippen molar-refractivity contribution >= 4 is 33.8 Å². The van der Waals surface area contributed by atoms with Gasteiger partial charge < -0.3 is 0 Å². The fourth-order valence-corrected chi connectivity index (χ4v) is 2.29. The highest BCUT2D eigenvalue weighted by Gasteiger charge is 2.06. The summed E-state index contributed by atoms with van der Waals surface area (Å²) >= 11 is 3.37. The summed E-state index contributed by atoms with van der Waals surface area (Å²) in [6, 6.07) is 13.9. The van der Waals surface area contributed by atoms with Crippen LogP contribution in [0.2, 0.25) is 0 Å². The Morgan fingerprint density at radius 1 is 1.00 bits per heavy atom. The van der Waals surface area contributed by atoms with E-state index >= 15 is 0 Å². The third-order valence-electron chi connectivity index (χ3n) is 3.31. The lowest BCUT2D eigenvalue weighted by molar-refractivity contribution is -0.384. The predicted molar refractivity (Wildman–Crippen MR) is 99.5 cm³/mol. The molecule has 0 bridgehead atoms. The van der Waals surface area contributed by atoms with E-state index < -0.39 is 4.92 Å². The van der Waals surface area contributed by atoms with Gasteiger partial charge >= 0.3 is 0 Å².